The van der Waals surface area contributed by atoms with Gasteiger partial charge in [-0.05, 0) is 66.2 Å². The maximum atomic E-state index is 10.2. The third-order valence-corrected chi connectivity index (χ3v) is 4.74. The normalized spacial score (nSPS) is 10.7. The SMILES string of the molecule is C=CCc1ccc(O)c(-c2cc(CCCSCC)ccc2O)c1. The van der Waals surface area contributed by atoms with E-state index in [1.54, 1.807) is 12.1 Å². The minimum absolute atomic E-state index is 0.187. The van der Waals surface area contributed by atoms with Crippen LogP contribution >= 0.6 is 11.8 Å². The standard InChI is InChI=1S/C20H24O2S/c1-3-6-15-8-10-19(21)17(13-15)18-14-16(9-11-20(18)22)7-5-12-23-4-2/h3,8-11,13-14,21-22H,1,4-7,12H2,2H3. The highest BCUT2D eigenvalue weighted by Gasteiger charge is 2.11. The van der Waals surface area contributed by atoms with E-state index in [4.69, 9.17) is 0 Å². The Labute approximate surface area is 142 Å². The molecule has 0 bridgehead atoms. The van der Waals surface area contributed by atoms with Gasteiger partial charge in [0.25, 0.3) is 0 Å². The van der Waals surface area contributed by atoms with Gasteiger partial charge in [0, 0.05) is 11.1 Å². The topological polar surface area (TPSA) is 40.5 Å². The molecule has 0 saturated heterocycles. The maximum absolute atomic E-state index is 10.2. The van der Waals surface area contributed by atoms with Crippen molar-refractivity contribution in [3.63, 3.8) is 0 Å². The Morgan fingerprint density at radius 1 is 1.00 bits per heavy atom. The van der Waals surface area contributed by atoms with Crippen LogP contribution in [0, 0.1) is 0 Å². The van der Waals surface area contributed by atoms with Crippen molar-refractivity contribution in [1.82, 2.24) is 0 Å². The van der Waals surface area contributed by atoms with Gasteiger partial charge in [-0.1, -0.05) is 25.1 Å². The van der Waals surface area contributed by atoms with E-state index in [0.717, 1.165) is 36.3 Å². The van der Waals surface area contributed by atoms with Crippen molar-refractivity contribution in [3.8, 4) is 22.6 Å². The third kappa shape index (κ3) is 4.80. The van der Waals surface area contributed by atoms with Gasteiger partial charge in [-0.15, -0.1) is 6.58 Å². The number of aryl methyl sites for hydroxylation is 1. The molecule has 2 aromatic rings. The van der Waals surface area contributed by atoms with Crippen molar-refractivity contribution < 1.29 is 10.2 Å². The van der Waals surface area contributed by atoms with Crippen LogP contribution in [0.2, 0.25) is 0 Å². The second-order valence-electron chi connectivity index (χ2n) is 5.50. The lowest BCUT2D eigenvalue weighted by molar-refractivity contribution is 0.469. The molecule has 0 heterocycles. The molecule has 0 aliphatic heterocycles. The minimum Gasteiger partial charge on any atom is -0.507 e. The van der Waals surface area contributed by atoms with Crippen molar-refractivity contribution in [1.29, 1.82) is 0 Å². The number of phenols is 2. The number of thioether (sulfide) groups is 1. The number of allylic oxidation sites excluding steroid dienone is 1. The first-order valence-corrected chi connectivity index (χ1v) is 9.14. The van der Waals surface area contributed by atoms with Crippen molar-refractivity contribution in [2.45, 2.75) is 26.2 Å². The largest absolute Gasteiger partial charge is 0.507 e. The molecule has 0 atom stereocenters. The lowest BCUT2D eigenvalue weighted by Gasteiger charge is -2.11. The molecule has 122 valence electrons. The molecular weight excluding hydrogens is 304 g/mol. The Morgan fingerprint density at radius 3 is 2.22 bits per heavy atom. The second-order valence-corrected chi connectivity index (χ2v) is 6.89. The monoisotopic (exact) mass is 328 g/mol. The summed E-state index contributed by atoms with van der Waals surface area (Å²) in [5.41, 5.74) is 3.61. The predicted octanol–water partition coefficient (Wildman–Crippen LogP) is 5.18. The van der Waals surface area contributed by atoms with Crippen LogP contribution in [0.3, 0.4) is 0 Å². The van der Waals surface area contributed by atoms with Crippen LogP contribution in [0.15, 0.2) is 49.1 Å². The Balaban J connectivity index is 2.27. The minimum atomic E-state index is 0.187. The Hall–Kier alpha value is -1.87. The summed E-state index contributed by atoms with van der Waals surface area (Å²) < 4.78 is 0. The van der Waals surface area contributed by atoms with Crippen LogP contribution in [-0.2, 0) is 12.8 Å². The highest BCUT2D eigenvalue weighted by Crippen LogP contribution is 2.36. The second kappa shape index (κ2) is 8.68. The van der Waals surface area contributed by atoms with Crippen LogP contribution in [0.1, 0.15) is 24.5 Å². The summed E-state index contributed by atoms with van der Waals surface area (Å²) in [6, 6.07) is 11.1. The summed E-state index contributed by atoms with van der Waals surface area (Å²) in [6.45, 7) is 5.92. The average Bonchev–Trinajstić information content (AvgIpc) is 2.55. The van der Waals surface area contributed by atoms with Crippen LogP contribution in [0.4, 0.5) is 0 Å². The lowest BCUT2D eigenvalue weighted by Crippen LogP contribution is -1.91. The van der Waals surface area contributed by atoms with E-state index in [0.29, 0.717) is 11.1 Å². The zero-order valence-corrected chi connectivity index (χ0v) is 14.4. The molecule has 0 aliphatic rings. The molecule has 0 amide bonds. The molecule has 2 nitrogen and oxygen atoms in total. The summed E-state index contributed by atoms with van der Waals surface area (Å²) >= 11 is 1.94. The van der Waals surface area contributed by atoms with Gasteiger partial charge in [-0.2, -0.15) is 11.8 Å². The fourth-order valence-electron chi connectivity index (χ4n) is 2.57. The first kappa shape index (κ1) is 17.5. The van der Waals surface area contributed by atoms with E-state index in [2.05, 4.69) is 13.5 Å². The number of hydrogen-bond acceptors (Lipinski definition) is 3. The molecule has 0 fully saturated rings. The fourth-order valence-corrected chi connectivity index (χ4v) is 3.21. The average molecular weight is 328 g/mol. The zero-order chi connectivity index (χ0) is 16.7. The summed E-state index contributed by atoms with van der Waals surface area (Å²) in [5, 5.41) is 20.4. The van der Waals surface area contributed by atoms with E-state index < -0.39 is 0 Å². The lowest BCUT2D eigenvalue weighted by atomic mass is 9.97. The molecule has 2 aromatic carbocycles. The number of rotatable bonds is 8. The summed E-state index contributed by atoms with van der Waals surface area (Å²) in [7, 11) is 0. The van der Waals surface area contributed by atoms with Gasteiger partial charge in [0.1, 0.15) is 11.5 Å². The van der Waals surface area contributed by atoms with Crippen molar-refractivity contribution >= 4 is 11.8 Å². The van der Waals surface area contributed by atoms with Gasteiger partial charge in [0.15, 0.2) is 0 Å². The van der Waals surface area contributed by atoms with Crippen molar-refractivity contribution in [3.05, 3.63) is 60.2 Å². The van der Waals surface area contributed by atoms with E-state index in [-0.39, 0.29) is 11.5 Å². The van der Waals surface area contributed by atoms with Crippen LogP contribution < -0.4 is 0 Å². The van der Waals surface area contributed by atoms with Crippen molar-refractivity contribution in [2.24, 2.45) is 0 Å². The van der Waals surface area contributed by atoms with E-state index >= 15 is 0 Å². The van der Waals surface area contributed by atoms with E-state index in [1.165, 1.54) is 5.56 Å². The maximum Gasteiger partial charge on any atom is 0.123 e. The first-order valence-electron chi connectivity index (χ1n) is 7.98. The fraction of sp³-hybridized carbons (Fsp3) is 0.300. The number of benzene rings is 2. The molecule has 23 heavy (non-hydrogen) atoms. The number of aromatic hydroxyl groups is 2. The molecule has 0 radical (unpaired) electrons. The third-order valence-electron chi connectivity index (χ3n) is 3.75. The highest BCUT2D eigenvalue weighted by molar-refractivity contribution is 7.99. The number of phenolic OH excluding ortho intramolecular Hbond substituents is 2. The van der Waals surface area contributed by atoms with Gasteiger partial charge >= 0.3 is 0 Å². The molecule has 2 N–H and O–H groups in total. The molecule has 0 saturated carbocycles. The Kier molecular flexibility index (Phi) is 6.60. The van der Waals surface area contributed by atoms with E-state index in [9.17, 15) is 10.2 Å². The van der Waals surface area contributed by atoms with Gasteiger partial charge in [-0.25, -0.2) is 0 Å². The Morgan fingerprint density at radius 2 is 1.61 bits per heavy atom. The molecule has 3 heteroatoms. The van der Waals surface area contributed by atoms with Crippen LogP contribution in [0.25, 0.3) is 11.1 Å². The van der Waals surface area contributed by atoms with Gasteiger partial charge < -0.3 is 10.2 Å². The van der Waals surface area contributed by atoms with Gasteiger partial charge in [0.2, 0.25) is 0 Å². The smallest absolute Gasteiger partial charge is 0.123 e. The van der Waals surface area contributed by atoms with Gasteiger partial charge in [-0.3, -0.25) is 0 Å². The van der Waals surface area contributed by atoms with Crippen LogP contribution in [0.5, 0.6) is 11.5 Å². The van der Waals surface area contributed by atoms with Crippen molar-refractivity contribution in [2.75, 3.05) is 11.5 Å². The number of hydrogen-bond donors (Lipinski definition) is 2. The summed E-state index contributed by atoms with van der Waals surface area (Å²) in [5.74, 6) is 2.67. The summed E-state index contributed by atoms with van der Waals surface area (Å²) in [4.78, 5) is 0. The van der Waals surface area contributed by atoms with Crippen LogP contribution in [-0.4, -0.2) is 21.7 Å². The molecule has 0 unspecified atom stereocenters. The zero-order valence-electron chi connectivity index (χ0n) is 13.6. The molecule has 0 aromatic heterocycles. The molecular formula is C20H24O2S. The van der Waals surface area contributed by atoms with Gasteiger partial charge in [0.05, 0.1) is 0 Å². The molecule has 0 aliphatic carbocycles. The highest BCUT2D eigenvalue weighted by atomic mass is 32.2. The summed E-state index contributed by atoms with van der Waals surface area (Å²) in [6.07, 6.45) is 4.67. The van der Waals surface area contributed by atoms with E-state index in [1.807, 2.05) is 42.1 Å². The first-order chi connectivity index (χ1) is 11.2. The molecule has 0 spiro atoms. The Bertz CT molecular complexity index is 665. The predicted molar refractivity (Wildman–Crippen MR) is 100 cm³/mol. The molecule has 2 rings (SSSR count). The quantitative estimate of drug-likeness (QED) is 0.518.